The van der Waals surface area contributed by atoms with E-state index in [0.29, 0.717) is 33.8 Å². The van der Waals surface area contributed by atoms with Crippen molar-refractivity contribution in [2.75, 3.05) is 27.1 Å². The second kappa shape index (κ2) is 12.3. The summed E-state index contributed by atoms with van der Waals surface area (Å²) in [6.45, 7) is 4.08. The summed E-state index contributed by atoms with van der Waals surface area (Å²) < 4.78 is 18.0. The molecule has 0 aliphatic heterocycles. The molecular weight excluding hydrogens is 502 g/mol. The first-order valence-corrected chi connectivity index (χ1v) is 12.8. The molecule has 196 valence electrons. The third-order valence-corrected chi connectivity index (χ3v) is 6.59. The van der Waals surface area contributed by atoms with E-state index in [1.165, 1.54) is 39.3 Å². The fraction of sp³-hybridized carbons (Fsp3) is 0.214. The first-order valence-electron chi connectivity index (χ1n) is 11.8. The number of carbonyl (C=O) groups is 1. The summed E-state index contributed by atoms with van der Waals surface area (Å²) in [4.78, 5) is 12.6. The van der Waals surface area contributed by atoms with E-state index in [0.717, 1.165) is 22.4 Å². The molecule has 0 fully saturated rings. The number of rotatable bonds is 10. The van der Waals surface area contributed by atoms with Gasteiger partial charge in [-0.1, -0.05) is 59.3 Å². The van der Waals surface area contributed by atoms with Gasteiger partial charge in [-0.15, -0.1) is 10.2 Å². The summed E-state index contributed by atoms with van der Waals surface area (Å²) in [5.41, 5.74) is 7.40. The van der Waals surface area contributed by atoms with Crippen LogP contribution in [0.25, 0.3) is 17.1 Å². The molecule has 3 aromatic carbocycles. The maximum absolute atomic E-state index is 12.6. The predicted molar refractivity (Wildman–Crippen MR) is 149 cm³/mol. The number of methoxy groups -OCH3 is 3. The van der Waals surface area contributed by atoms with Gasteiger partial charge in [0.05, 0.1) is 33.3 Å². The molecule has 10 heteroatoms. The highest BCUT2D eigenvalue weighted by atomic mass is 32.2. The van der Waals surface area contributed by atoms with Crippen molar-refractivity contribution in [3.8, 4) is 34.3 Å². The van der Waals surface area contributed by atoms with E-state index in [4.69, 9.17) is 14.2 Å². The van der Waals surface area contributed by atoms with Gasteiger partial charge in [-0.2, -0.15) is 5.10 Å². The van der Waals surface area contributed by atoms with Crippen molar-refractivity contribution in [3.05, 3.63) is 77.4 Å². The highest BCUT2D eigenvalue weighted by Gasteiger charge is 2.17. The fourth-order valence-corrected chi connectivity index (χ4v) is 4.44. The van der Waals surface area contributed by atoms with Crippen LogP contribution in [0.1, 0.15) is 16.7 Å². The van der Waals surface area contributed by atoms with E-state index in [1.54, 1.807) is 12.1 Å². The molecule has 4 aromatic rings. The summed E-state index contributed by atoms with van der Waals surface area (Å²) >= 11 is 1.28. The van der Waals surface area contributed by atoms with Crippen LogP contribution in [0.15, 0.2) is 70.9 Å². The molecule has 0 bridgehead atoms. The van der Waals surface area contributed by atoms with Gasteiger partial charge in [-0.3, -0.25) is 9.36 Å². The number of nitrogens with one attached hydrogen (secondary N) is 1. The summed E-state index contributed by atoms with van der Waals surface area (Å²) in [6, 6.07) is 19.7. The molecule has 1 amide bonds. The molecule has 1 aromatic heterocycles. The van der Waals surface area contributed by atoms with Gasteiger partial charge in [0.1, 0.15) is 0 Å². The molecule has 4 rings (SSSR count). The van der Waals surface area contributed by atoms with Crippen molar-refractivity contribution >= 4 is 23.9 Å². The second-order valence-corrected chi connectivity index (χ2v) is 9.33. The Bertz CT molecular complexity index is 1410. The average Bonchev–Trinajstić information content (AvgIpc) is 3.36. The molecule has 0 aliphatic carbocycles. The molecule has 1 N–H and O–H groups in total. The number of hydrogen-bond donors (Lipinski definition) is 1. The van der Waals surface area contributed by atoms with E-state index < -0.39 is 0 Å². The molecule has 0 aliphatic rings. The van der Waals surface area contributed by atoms with Crippen LogP contribution in [0.3, 0.4) is 0 Å². The quantitative estimate of drug-likeness (QED) is 0.178. The first kappa shape index (κ1) is 26.7. The van der Waals surface area contributed by atoms with Crippen LogP contribution in [0, 0.1) is 13.8 Å². The minimum absolute atomic E-state index is 0.102. The Labute approximate surface area is 225 Å². The lowest BCUT2D eigenvalue weighted by molar-refractivity contribution is -0.118. The van der Waals surface area contributed by atoms with Gasteiger partial charge in [0.15, 0.2) is 22.5 Å². The smallest absolute Gasteiger partial charge is 0.250 e. The highest BCUT2D eigenvalue weighted by Crippen LogP contribution is 2.37. The van der Waals surface area contributed by atoms with Gasteiger partial charge in [-0.05, 0) is 38.1 Å². The second-order valence-electron chi connectivity index (χ2n) is 8.38. The van der Waals surface area contributed by atoms with Gasteiger partial charge in [0, 0.05) is 16.8 Å². The van der Waals surface area contributed by atoms with Crippen molar-refractivity contribution in [2.45, 2.75) is 19.0 Å². The molecule has 0 radical (unpaired) electrons. The largest absolute Gasteiger partial charge is 0.493 e. The molecule has 0 saturated heterocycles. The number of ether oxygens (including phenoxy) is 3. The van der Waals surface area contributed by atoms with Gasteiger partial charge < -0.3 is 14.2 Å². The number of benzene rings is 3. The highest BCUT2D eigenvalue weighted by molar-refractivity contribution is 7.99. The van der Waals surface area contributed by atoms with Crippen molar-refractivity contribution < 1.29 is 19.0 Å². The Morgan fingerprint density at radius 1 is 0.921 bits per heavy atom. The number of hydrazone groups is 1. The predicted octanol–water partition coefficient (Wildman–Crippen LogP) is 4.82. The van der Waals surface area contributed by atoms with Gasteiger partial charge in [-0.25, -0.2) is 5.43 Å². The molecule has 1 heterocycles. The monoisotopic (exact) mass is 531 g/mol. The molecule has 0 spiro atoms. The van der Waals surface area contributed by atoms with E-state index >= 15 is 0 Å². The lowest BCUT2D eigenvalue weighted by Crippen LogP contribution is -2.20. The number of aryl methyl sites for hydroxylation is 2. The number of carbonyl (C=O) groups excluding carboxylic acids is 1. The van der Waals surface area contributed by atoms with Crippen molar-refractivity contribution in [2.24, 2.45) is 5.10 Å². The summed E-state index contributed by atoms with van der Waals surface area (Å²) in [5, 5.41) is 13.5. The third kappa shape index (κ3) is 6.15. The Morgan fingerprint density at radius 3 is 2.11 bits per heavy atom. The van der Waals surface area contributed by atoms with E-state index in [-0.39, 0.29) is 11.7 Å². The molecule has 0 unspecified atom stereocenters. The zero-order chi connectivity index (χ0) is 27.1. The van der Waals surface area contributed by atoms with Crippen LogP contribution in [0.4, 0.5) is 0 Å². The third-order valence-electron chi connectivity index (χ3n) is 5.66. The van der Waals surface area contributed by atoms with Gasteiger partial charge in [0.2, 0.25) is 5.75 Å². The van der Waals surface area contributed by atoms with Crippen LogP contribution in [0.5, 0.6) is 17.2 Å². The minimum atomic E-state index is -0.283. The van der Waals surface area contributed by atoms with Crippen LogP contribution >= 0.6 is 11.8 Å². The Balaban J connectivity index is 1.49. The average molecular weight is 532 g/mol. The molecule has 9 nitrogen and oxygen atoms in total. The Kier molecular flexibility index (Phi) is 8.65. The summed E-state index contributed by atoms with van der Waals surface area (Å²) in [7, 11) is 4.61. The maximum atomic E-state index is 12.6. The normalized spacial score (nSPS) is 11.0. The zero-order valence-electron chi connectivity index (χ0n) is 21.9. The fourth-order valence-electron chi connectivity index (χ4n) is 3.70. The van der Waals surface area contributed by atoms with Crippen molar-refractivity contribution in [3.63, 3.8) is 0 Å². The standard InChI is InChI=1S/C28H29N5O4S/c1-18-6-10-21(11-7-18)27-31-32-28(33(27)22-12-8-19(2)9-13-22)38-17-25(34)30-29-16-20-14-23(35-3)26(37-5)24(15-20)36-4/h6-16H,17H2,1-5H3,(H,30,34). The number of amides is 1. The lowest BCUT2D eigenvalue weighted by atomic mass is 10.1. The van der Waals surface area contributed by atoms with Crippen LogP contribution in [-0.4, -0.2) is 54.0 Å². The van der Waals surface area contributed by atoms with Crippen LogP contribution < -0.4 is 19.6 Å². The van der Waals surface area contributed by atoms with Crippen molar-refractivity contribution in [1.29, 1.82) is 0 Å². The first-order chi connectivity index (χ1) is 18.4. The minimum Gasteiger partial charge on any atom is -0.493 e. The van der Waals surface area contributed by atoms with E-state index in [9.17, 15) is 4.79 Å². The molecule has 0 saturated carbocycles. The van der Waals surface area contributed by atoms with Crippen LogP contribution in [-0.2, 0) is 4.79 Å². The zero-order valence-corrected chi connectivity index (χ0v) is 22.7. The Hall–Kier alpha value is -4.31. The lowest BCUT2D eigenvalue weighted by Gasteiger charge is -2.12. The summed E-state index contributed by atoms with van der Waals surface area (Å²) in [5.74, 6) is 2.00. The van der Waals surface area contributed by atoms with Crippen molar-refractivity contribution in [1.82, 2.24) is 20.2 Å². The topological polar surface area (TPSA) is 99.9 Å². The maximum Gasteiger partial charge on any atom is 0.250 e. The Morgan fingerprint density at radius 2 is 1.53 bits per heavy atom. The van der Waals surface area contributed by atoms with Crippen LogP contribution in [0.2, 0.25) is 0 Å². The number of thioether (sulfide) groups is 1. The van der Waals surface area contributed by atoms with Gasteiger partial charge >= 0.3 is 0 Å². The number of aromatic nitrogens is 3. The molecule has 0 atom stereocenters. The van der Waals surface area contributed by atoms with E-state index in [1.807, 2.05) is 66.9 Å². The number of hydrogen-bond acceptors (Lipinski definition) is 8. The SMILES string of the molecule is COc1cc(C=NNC(=O)CSc2nnc(-c3ccc(C)cc3)n2-c2ccc(C)cc2)cc(OC)c1OC. The van der Waals surface area contributed by atoms with E-state index in [2.05, 4.69) is 20.7 Å². The summed E-state index contributed by atoms with van der Waals surface area (Å²) in [6.07, 6.45) is 1.51. The van der Waals surface area contributed by atoms with Gasteiger partial charge in [0.25, 0.3) is 5.91 Å². The number of nitrogens with zero attached hydrogens (tertiary/aromatic N) is 4. The molecule has 38 heavy (non-hydrogen) atoms. The molecular formula is C28H29N5O4S.